The van der Waals surface area contributed by atoms with Gasteiger partial charge in [-0.1, -0.05) is 19.1 Å². The molecule has 0 saturated heterocycles. The molecule has 2 aromatic carbocycles. The van der Waals surface area contributed by atoms with Crippen molar-refractivity contribution in [2.45, 2.75) is 13.1 Å². The summed E-state index contributed by atoms with van der Waals surface area (Å²) in [6.07, 6.45) is -4.63. The Kier molecular flexibility index (Phi) is 8.13. The monoisotopic (exact) mass is 454 g/mol. The molecule has 0 aliphatic heterocycles. The topological polar surface area (TPSA) is 114 Å². The first-order chi connectivity index (χ1) is 15.0. The number of methoxy groups -OCH3 is 1. The number of amides is 2. The minimum atomic E-state index is -4.63. The van der Waals surface area contributed by atoms with Crippen molar-refractivity contribution in [2.24, 2.45) is 0 Å². The normalized spacial score (nSPS) is 11.2. The van der Waals surface area contributed by atoms with Crippen LogP contribution in [0.2, 0.25) is 0 Å². The Morgan fingerprint density at radius 2 is 1.66 bits per heavy atom. The van der Waals surface area contributed by atoms with Crippen LogP contribution in [0.4, 0.5) is 30.2 Å². The molecule has 0 saturated carbocycles. The molecule has 2 N–H and O–H groups in total. The fourth-order valence-electron chi connectivity index (χ4n) is 2.80. The number of halogens is 3. The van der Waals surface area contributed by atoms with Gasteiger partial charge >= 0.3 is 6.18 Å². The number of nitro benzene ring substituents is 1. The lowest BCUT2D eigenvalue weighted by molar-refractivity contribution is -0.384. The molecule has 0 aliphatic carbocycles. The molecule has 2 rings (SSSR count). The van der Waals surface area contributed by atoms with Gasteiger partial charge in [-0.25, -0.2) is 0 Å². The Labute approximate surface area is 181 Å². The van der Waals surface area contributed by atoms with Crippen molar-refractivity contribution in [3.05, 3.63) is 58.1 Å². The predicted octanol–water partition coefficient (Wildman–Crippen LogP) is 3.52. The summed E-state index contributed by atoms with van der Waals surface area (Å²) in [7, 11) is 1.29. The van der Waals surface area contributed by atoms with Gasteiger partial charge in [0.15, 0.2) is 0 Å². The summed E-state index contributed by atoms with van der Waals surface area (Å²) in [6.45, 7) is 1.37. The van der Waals surface area contributed by atoms with Crippen LogP contribution >= 0.6 is 0 Å². The molecule has 172 valence electrons. The minimum Gasteiger partial charge on any atom is -0.494 e. The van der Waals surface area contributed by atoms with E-state index in [1.165, 1.54) is 36.3 Å². The number of hydrogen-bond donors (Lipinski definition) is 2. The third kappa shape index (κ3) is 6.67. The number of ether oxygens (including phenoxy) is 1. The van der Waals surface area contributed by atoms with Gasteiger partial charge in [0.25, 0.3) is 5.69 Å². The van der Waals surface area contributed by atoms with Gasteiger partial charge in [0.05, 0.1) is 48.1 Å². The Balaban J connectivity index is 2.01. The van der Waals surface area contributed by atoms with Crippen LogP contribution in [0.1, 0.15) is 12.5 Å². The van der Waals surface area contributed by atoms with Crippen molar-refractivity contribution in [3.63, 3.8) is 0 Å². The maximum atomic E-state index is 13.1. The van der Waals surface area contributed by atoms with Crippen LogP contribution in [0, 0.1) is 10.1 Å². The molecule has 12 heteroatoms. The molecule has 0 heterocycles. The fraction of sp³-hybridized carbons (Fsp3) is 0.300. The number of nitrogens with one attached hydrogen (secondary N) is 2. The summed E-state index contributed by atoms with van der Waals surface area (Å²) in [5, 5.41) is 15.6. The van der Waals surface area contributed by atoms with Gasteiger partial charge in [0.1, 0.15) is 5.75 Å². The number of benzene rings is 2. The highest BCUT2D eigenvalue weighted by Crippen LogP contribution is 2.34. The summed E-state index contributed by atoms with van der Waals surface area (Å²) in [5.41, 5.74) is -1.37. The Morgan fingerprint density at radius 3 is 2.19 bits per heavy atom. The summed E-state index contributed by atoms with van der Waals surface area (Å²) in [6, 6.07) is 8.25. The average molecular weight is 454 g/mol. The number of para-hydroxylation sites is 1. The molecule has 9 nitrogen and oxygen atoms in total. The van der Waals surface area contributed by atoms with Gasteiger partial charge in [-0.15, -0.1) is 0 Å². The van der Waals surface area contributed by atoms with E-state index < -0.39 is 28.5 Å². The van der Waals surface area contributed by atoms with Gasteiger partial charge < -0.3 is 15.4 Å². The highest BCUT2D eigenvalue weighted by molar-refractivity contribution is 5.96. The van der Waals surface area contributed by atoms with E-state index >= 15 is 0 Å². The second-order valence-electron chi connectivity index (χ2n) is 6.58. The van der Waals surface area contributed by atoms with Gasteiger partial charge in [0.2, 0.25) is 11.8 Å². The number of carbonyl (C=O) groups is 2. The zero-order valence-electron chi connectivity index (χ0n) is 17.2. The van der Waals surface area contributed by atoms with E-state index in [1.54, 1.807) is 6.92 Å². The number of nitro groups is 1. The number of nitrogens with zero attached hydrogens (tertiary/aromatic N) is 2. The number of alkyl halides is 3. The quantitative estimate of drug-likeness (QED) is 0.443. The van der Waals surface area contributed by atoms with Crippen molar-refractivity contribution in [1.29, 1.82) is 0 Å². The summed E-state index contributed by atoms with van der Waals surface area (Å²) < 4.78 is 44.3. The molecule has 0 aliphatic rings. The van der Waals surface area contributed by atoms with Gasteiger partial charge in [-0.3, -0.25) is 24.6 Å². The molecule has 0 spiro atoms. The minimum absolute atomic E-state index is 0.0806. The van der Waals surface area contributed by atoms with E-state index in [-0.39, 0.29) is 42.4 Å². The molecular weight excluding hydrogens is 433 g/mol. The predicted molar refractivity (Wildman–Crippen MR) is 110 cm³/mol. The number of non-ortho nitro benzene ring substituents is 1. The first-order valence-electron chi connectivity index (χ1n) is 9.35. The van der Waals surface area contributed by atoms with Crippen LogP contribution in [0.3, 0.4) is 0 Å². The fourth-order valence-corrected chi connectivity index (χ4v) is 2.80. The number of likely N-dealkylation sites (N-methyl/N-ethyl adjacent to an activating group) is 1. The zero-order chi connectivity index (χ0) is 23.9. The van der Waals surface area contributed by atoms with Crippen LogP contribution in [0.15, 0.2) is 42.5 Å². The molecule has 0 atom stereocenters. The summed E-state index contributed by atoms with van der Waals surface area (Å²) in [5.74, 6) is -1.18. The van der Waals surface area contributed by atoms with E-state index in [1.807, 2.05) is 0 Å². The smallest absolute Gasteiger partial charge is 0.418 e. The van der Waals surface area contributed by atoms with Crippen LogP contribution in [-0.4, -0.2) is 48.4 Å². The molecule has 32 heavy (non-hydrogen) atoms. The van der Waals surface area contributed by atoms with Crippen molar-refractivity contribution in [1.82, 2.24) is 4.90 Å². The van der Waals surface area contributed by atoms with Crippen molar-refractivity contribution < 1.29 is 32.4 Å². The number of rotatable bonds is 9. The van der Waals surface area contributed by atoms with E-state index in [0.717, 1.165) is 18.2 Å². The van der Waals surface area contributed by atoms with Crippen molar-refractivity contribution in [2.75, 3.05) is 37.4 Å². The van der Waals surface area contributed by atoms with E-state index in [9.17, 15) is 32.9 Å². The van der Waals surface area contributed by atoms with Crippen LogP contribution in [0.5, 0.6) is 5.75 Å². The molecule has 0 aromatic heterocycles. The van der Waals surface area contributed by atoms with E-state index in [4.69, 9.17) is 4.74 Å². The maximum Gasteiger partial charge on any atom is 0.418 e. The van der Waals surface area contributed by atoms with Gasteiger partial charge in [-0.05, 0) is 24.7 Å². The standard InChI is InChI=1S/C20H21F3N4O5/c1-3-26(11-18(28)24-15-7-5-4-6-14(15)20(21,22)23)12-19(29)25-16-9-8-13(27(30)31)10-17(16)32-2/h4-10H,3,11-12H2,1-2H3,(H,24,28)(H,25,29). The molecule has 0 unspecified atom stereocenters. The van der Waals surface area contributed by atoms with E-state index in [0.29, 0.717) is 0 Å². The maximum absolute atomic E-state index is 13.1. The van der Waals surface area contributed by atoms with Gasteiger partial charge in [0, 0.05) is 6.07 Å². The Hall–Kier alpha value is -3.67. The molecule has 2 aromatic rings. The van der Waals surface area contributed by atoms with Crippen molar-refractivity contribution >= 4 is 28.9 Å². The average Bonchev–Trinajstić information content (AvgIpc) is 2.72. The van der Waals surface area contributed by atoms with Crippen LogP contribution in [0.25, 0.3) is 0 Å². The Bertz CT molecular complexity index is 997. The molecule has 0 radical (unpaired) electrons. The SMILES string of the molecule is CCN(CC(=O)Nc1ccc([N+](=O)[O-])cc1OC)CC(=O)Nc1ccccc1C(F)(F)F. The third-order valence-corrected chi connectivity index (χ3v) is 4.36. The number of anilines is 2. The number of hydrogen-bond acceptors (Lipinski definition) is 6. The lowest BCUT2D eigenvalue weighted by Crippen LogP contribution is -2.38. The second-order valence-corrected chi connectivity index (χ2v) is 6.58. The highest BCUT2D eigenvalue weighted by Gasteiger charge is 2.33. The molecular formula is C20H21F3N4O5. The number of carbonyl (C=O) groups excluding carboxylic acids is 2. The lowest BCUT2D eigenvalue weighted by atomic mass is 10.1. The third-order valence-electron chi connectivity index (χ3n) is 4.36. The summed E-state index contributed by atoms with van der Waals surface area (Å²) in [4.78, 5) is 36.3. The van der Waals surface area contributed by atoms with Crippen LogP contribution in [-0.2, 0) is 15.8 Å². The van der Waals surface area contributed by atoms with Crippen LogP contribution < -0.4 is 15.4 Å². The first kappa shape index (κ1) is 24.6. The highest BCUT2D eigenvalue weighted by atomic mass is 19.4. The lowest BCUT2D eigenvalue weighted by Gasteiger charge is -2.20. The van der Waals surface area contributed by atoms with Gasteiger partial charge in [-0.2, -0.15) is 13.2 Å². The van der Waals surface area contributed by atoms with E-state index in [2.05, 4.69) is 10.6 Å². The molecule has 0 fully saturated rings. The summed E-state index contributed by atoms with van der Waals surface area (Å²) >= 11 is 0. The first-order valence-corrected chi connectivity index (χ1v) is 9.35. The molecule has 2 amide bonds. The zero-order valence-corrected chi connectivity index (χ0v) is 17.2. The van der Waals surface area contributed by atoms with Crippen molar-refractivity contribution in [3.8, 4) is 5.75 Å². The molecule has 0 bridgehead atoms. The second kappa shape index (κ2) is 10.6. The largest absolute Gasteiger partial charge is 0.494 e. The Morgan fingerprint density at radius 1 is 1.06 bits per heavy atom.